The molecule has 0 fully saturated rings. The van der Waals surface area contributed by atoms with Crippen LogP contribution in [0.25, 0.3) is 16.3 Å². The van der Waals surface area contributed by atoms with Crippen LogP contribution in [0, 0.1) is 0 Å². The van der Waals surface area contributed by atoms with Crippen molar-refractivity contribution in [2.24, 2.45) is 0 Å². The molecule has 3 N–H and O–H groups in total. The molecule has 0 radical (unpaired) electrons. The largest absolute Gasteiger partial charge is 0.478 e. The van der Waals surface area contributed by atoms with Gasteiger partial charge in [0.05, 0.1) is 16.1 Å². The van der Waals surface area contributed by atoms with Crippen molar-refractivity contribution in [1.29, 1.82) is 0 Å². The molecule has 0 spiro atoms. The summed E-state index contributed by atoms with van der Waals surface area (Å²) in [6, 6.07) is 25.4. The molecule has 35 heavy (non-hydrogen) atoms. The maximum absolute atomic E-state index is 12.6. The highest BCUT2D eigenvalue weighted by Crippen LogP contribution is 2.25. The highest BCUT2D eigenvalue weighted by Gasteiger charge is 2.17. The number of hydrogen-bond donors (Lipinski definition) is 3. The van der Waals surface area contributed by atoms with Gasteiger partial charge in [0.15, 0.2) is 0 Å². The summed E-state index contributed by atoms with van der Waals surface area (Å²) >= 11 is 0. The zero-order valence-electron chi connectivity index (χ0n) is 18.7. The zero-order chi connectivity index (χ0) is 25.0. The van der Waals surface area contributed by atoms with Crippen molar-refractivity contribution in [2.75, 3.05) is 10.0 Å². The molecule has 1 amide bonds. The van der Waals surface area contributed by atoms with Crippen LogP contribution in [0.2, 0.25) is 0 Å². The monoisotopic (exact) mass is 486 g/mol. The summed E-state index contributed by atoms with van der Waals surface area (Å²) in [5.41, 5.74) is 1.43. The van der Waals surface area contributed by atoms with Gasteiger partial charge in [0, 0.05) is 11.8 Å². The van der Waals surface area contributed by atoms with Crippen LogP contribution in [0.1, 0.15) is 22.8 Å². The zero-order valence-corrected chi connectivity index (χ0v) is 19.5. The number of aromatic carboxylic acids is 1. The van der Waals surface area contributed by atoms with E-state index in [-0.39, 0.29) is 21.8 Å². The van der Waals surface area contributed by atoms with Gasteiger partial charge in [-0.3, -0.25) is 9.52 Å². The van der Waals surface area contributed by atoms with Crippen LogP contribution in [0.4, 0.5) is 11.4 Å². The highest BCUT2D eigenvalue weighted by atomic mass is 32.2. The lowest BCUT2D eigenvalue weighted by Crippen LogP contribution is -2.15. The van der Waals surface area contributed by atoms with Crippen molar-refractivity contribution in [1.82, 2.24) is 0 Å². The minimum absolute atomic E-state index is 0.0450. The molecule has 4 rings (SSSR count). The number of fused-ring (bicyclic) bond motifs is 1. The maximum atomic E-state index is 12.6. The van der Waals surface area contributed by atoms with Gasteiger partial charge >= 0.3 is 5.97 Å². The molecule has 0 aliphatic rings. The van der Waals surface area contributed by atoms with Gasteiger partial charge in [0.2, 0.25) is 5.91 Å². The molecule has 0 aromatic heterocycles. The molecule has 0 saturated heterocycles. The maximum Gasteiger partial charge on any atom is 0.337 e. The lowest BCUT2D eigenvalue weighted by molar-refractivity contribution is -0.111. The number of amides is 1. The normalized spacial score (nSPS) is 11.7. The number of benzene rings is 4. The first kappa shape index (κ1) is 23.7. The molecule has 0 heterocycles. The predicted octanol–water partition coefficient (Wildman–Crippen LogP) is 5.38. The van der Waals surface area contributed by atoms with Crippen molar-refractivity contribution in [2.45, 2.75) is 11.8 Å². The molecule has 0 aliphatic heterocycles. The van der Waals surface area contributed by atoms with Crippen molar-refractivity contribution in [3.63, 3.8) is 0 Å². The molecule has 0 saturated carbocycles. The second kappa shape index (κ2) is 9.82. The number of nitrogens with one attached hydrogen (secondary N) is 2. The van der Waals surface area contributed by atoms with E-state index in [2.05, 4.69) is 10.0 Å². The van der Waals surface area contributed by atoms with Crippen LogP contribution in [0.5, 0.6) is 0 Å². The molecule has 0 aliphatic carbocycles. The first-order valence-electron chi connectivity index (χ1n) is 10.7. The van der Waals surface area contributed by atoms with Crippen molar-refractivity contribution in [3.8, 4) is 0 Å². The van der Waals surface area contributed by atoms with Gasteiger partial charge in [-0.2, -0.15) is 0 Å². The Morgan fingerprint density at radius 3 is 2.23 bits per heavy atom. The SMILES string of the molecule is C/C(=C/C(=O)Nc1ccc(NS(=O)(=O)c2ccccc2)cc1C(=O)O)c1ccc2ccccc2c1. The minimum atomic E-state index is -3.89. The quantitative estimate of drug-likeness (QED) is 0.304. The van der Waals surface area contributed by atoms with Crippen LogP contribution >= 0.6 is 0 Å². The van der Waals surface area contributed by atoms with E-state index >= 15 is 0 Å². The average Bonchev–Trinajstić information content (AvgIpc) is 2.84. The Kier molecular flexibility index (Phi) is 6.66. The van der Waals surface area contributed by atoms with Crippen LogP contribution in [-0.2, 0) is 14.8 Å². The van der Waals surface area contributed by atoms with Crippen LogP contribution < -0.4 is 10.0 Å². The first-order chi connectivity index (χ1) is 16.7. The van der Waals surface area contributed by atoms with E-state index in [9.17, 15) is 23.1 Å². The minimum Gasteiger partial charge on any atom is -0.478 e. The molecule has 7 nitrogen and oxygen atoms in total. The molecular formula is C27H22N2O5S. The third kappa shape index (κ3) is 5.56. The smallest absolute Gasteiger partial charge is 0.337 e. The lowest BCUT2D eigenvalue weighted by atomic mass is 10.0. The third-order valence-electron chi connectivity index (χ3n) is 5.37. The van der Waals surface area contributed by atoms with E-state index in [1.165, 1.54) is 36.4 Å². The number of rotatable bonds is 7. The summed E-state index contributed by atoms with van der Waals surface area (Å²) in [7, 11) is -3.89. The van der Waals surface area contributed by atoms with Gasteiger partial charge in [0.25, 0.3) is 10.0 Å². The predicted molar refractivity (Wildman–Crippen MR) is 137 cm³/mol. The Morgan fingerprint density at radius 2 is 1.51 bits per heavy atom. The summed E-state index contributed by atoms with van der Waals surface area (Å²) in [5, 5.41) is 14.3. The third-order valence-corrected chi connectivity index (χ3v) is 6.76. The van der Waals surface area contributed by atoms with Gasteiger partial charge in [0.1, 0.15) is 0 Å². The Hall–Kier alpha value is -4.43. The Morgan fingerprint density at radius 1 is 0.829 bits per heavy atom. The Balaban J connectivity index is 1.55. The number of anilines is 2. The van der Waals surface area contributed by atoms with Crippen molar-refractivity contribution < 1.29 is 23.1 Å². The molecule has 0 bridgehead atoms. The number of sulfonamides is 1. The summed E-state index contributed by atoms with van der Waals surface area (Å²) in [6.07, 6.45) is 1.39. The summed E-state index contributed by atoms with van der Waals surface area (Å²) in [5.74, 6) is -1.81. The number of carbonyl (C=O) groups excluding carboxylic acids is 1. The first-order valence-corrected chi connectivity index (χ1v) is 12.1. The number of carbonyl (C=O) groups is 2. The second-order valence-corrected chi connectivity index (χ2v) is 9.55. The second-order valence-electron chi connectivity index (χ2n) is 7.86. The fourth-order valence-corrected chi connectivity index (χ4v) is 4.66. The summed E-state index contributed by atoms with van der Waals surface area (Å²) < 4.78 is 27.5. The number of carboxylic acids is 1. The topological polar surface area (TPSA) is 113 Å². The molecule has 4 aromatic carbocycles. The van der Waals surface area contributed by atoms with Crippen molar-refractivity contribution >= 4 is 49.6 Å². The lowest BCUT2D eigenvalue weighted by Gasteiger charge is -2.12. The molecule has 0 unspecified atom stereocenters. The Labute approximate surface area is 202 Å². The van der Waals surface area contributed by atoms with Gasteiger partial charge in [-0.05, 0) is 65.2 Å². The van der Waals surface area contributed by atoms with Gasteiger partial charge in [-0.15, -0.1) is 0 Å². The standard InChI is InChI=1S/C27H22N2O5S/c1-18(20-12-11-19-7-5-6-8-21(19)16-20)15-26(30)28-25-14-13-22(17-24(25)27(31)32)29-35(33,34)23-9-3-2-4-10-23/h2-17,29H,1H3,(H,28,30)(H,31,32)/b18-15-. The number of carboxylic acid groups (broad SMARTS) is 1. The fraction of sp³-hybridized carbons (Fsp3) is 0.0370. The highest BCUT2D eigenvalue weighted by molar-refractivity contribution is 7.92. The van der Waals surface area contributed by atoms with Gasteiger partial charge in [-0.25, -0.2) is 13.2 Å². The fourth-order valence-electron chi connectivity index (χ4n) is 3.59. The summed E-state index contributed by atoms with van der Waals surface area (Å²) in [6.45, 7) is 1.79. The molecule has 4 aromatic rings. The molecule has 0 atom stereocenters. The number of allylic oxidation sites excluding steroid dienone is 1. The Bertz CT molecular complexity index is 1560. The molecule has 176 valence electrons. The molecule has 8 heteroatoms. The summed E-state index contributed by atoms with van der Waals surface area (Å²) in [4.78, 5) is 24.5. The van der Waals surface area contributed by atoms with E-state index < -0.39 is 21.9 Å². The molecular weight excluding hydrogens is 464 g/mol. The van der Waals surface area contributed by atoms with Crippen LogP contribution in [-0.4, -0.2) is 25.4 Å². The van der Waals surface area contributed by atoms with Gasteiger partial charge < -0.3 is 10.4 Å². The van der Waals surface area contributed by atoms with E-state index in [0.29, 0.717) is 5.57 Å². The van der Waals surface area contributed by atoms with E-state index in [4.69, 9.17) is 0 Å². The van der Waals surface area contributed by atoms with E-state index in [0.717, 1.165) is 16.3 Å². The van der Waals surface area contributed by atoms with Gasteiger partial charge in [-0.1, -0.05) is 54.6 Å². The van der Waals surface area contributed by atoms with Crippen LogP contribution in [0.15, 0.2) is 102 Å². The van der Waals surface area contributed by atoms with Crippen molar-refractivity contribution in [3.05, 3.63) is 108 Å². The number of hydrogen-bond acceptors (Lipinski definition) is 4. The van der Waals surface area contributed by atoms with E-state index in [1.807, 2.05) is 42.5 Å². The average molecular weight is 487 g/mol. The van der Waals surface area contributed by atoms with E-state index in [1.54, 1.807) is 25.1 Å². The van der Waals surface area contributed by atoms with Crippen LogP contribution in [0.3, 0.4) is 0 Å².